The molecule has 1 amide bonds. The molecule has 1 aromatic heterocycles. The number of nitrogens with zero attached hydrogens (tertiary/aromatic N) is 4. The van der Waals surface area contributed by atoms with Gasteiger partial charge in [-0.05, 0) is 44.6 Å². The Kier molecular flexibility index (Phi) is 4.48. The Hall–Kier alpha value is -2.14. The highest BCUT2D eigenvalue weighted by atomic mass is 16.2. The lowest BCUT2D eigenvalue weighted by Crippen LogP contribution is -2.45. The molecule has 23 heavy (non-hydrogen) atoms. The van der Waals surface area contributed by atoms with Crippen molar-refractivity contribution in [3.8, 4) is 0 Å². The van der Waals surface area contributed by atoms with Crippen LogP contribution >= 0.6 is 0 Å². The fourth-order valence-electron chi connectivity index (χ4n) is 3.50. The van der Waals surface area contributed by atoms with Gasteiger partial charge < -0.3 is 9.80 Å². The smallest absolute Gasteiger partial charge is 0.254 e. The molecule has 2 heterocycles. The summed E-state index contributed by atoms with van der Waals surface area (Å²) in [5, 5.41) is 4.26. The quantitative estimate of drug-likeness (QED) is 0.864. The molecule has 0 N–H and O–H groups in total. The van der Waals surface area contributed by atoms with E-state index in [1.165, 1.54) is 5.56 Å². The maximum atomic E-state index is 12.9. The molecule has 5 heteroatoms. The number of amides is 1. The zero-order valence-corrected chi connectivity index (χ0v) is 14.0. The summed E-state index contributed by atoms with van der Waals surface area (Å²) in [7, 11) is 6.11. The Labute approximate surface area is 137 Å². The molecular weight excluding hydrogens is 288 g/mol. The molecule has 2 atom stereocenters. The first-order valence-electron chi connectivity index (χ1n) is 8.06. The van der Waals surface area contributed by atoms with Crippen molar-refractivity contribution in [1.29, 1.82) is 0 Å². The van der Waals surface area contributed by atoms with Gasteiger partial charge >= 0.3 is 0 Å². The van der Waals surface area contributed by atoms with Crippen molar-refractivity contribution in [2.75, 3.05) is 20.6 Å². The van der Waals surface area contributed by atoms with Gasteiger partial charge in [-0.1, -0.05) is 18.2 Å². The van der Waals surface area contributed by atoms with E-state index < -0.39 is 0 Å². The number of likely N-dealkylation sites (N-methyl/N-ethyl adjacent to an activating group) is 1. The molecular formula is C18H24N4O. The van der Waals surface area contributed by atoms with Crippen LogP contribution in [0.3, 0.4) is 0 Å². The number of carbonyl (C=O) groups is 1. The van der Waals surface area contributed by atoms with Gasteiger partial charge in [0.2, 0.25) is 0 Å². The zero-order valence-electron chi connectivity index (χ0n) is 14.0. The first kappa shape index (κ1) is 15.7. The maximum Gasteiger partial charge on any atom is 0.254 e. The minimum atomic E-state index is 0.129. The van der Waals surface area contributed by atoms with Crippen LogP contribution in [0.25, 0.3) is 0 Å². The number of aromatic nitrogens is 2. The third-order valence-electron chi connectivity index (χ3n) is 4.66. The fourth-order valence-corrected chi connectivity index (χ4v) is 3.50. The van der Waals surface area contributed by atoms with E-state index in [1.807, 2.05) is 59.4 Å². The molecule has 5 nitrogen and oxygen atoms in total. The van der Waals surface area contributed by atoms with Crippen LogP contribution in [0.4, 0.5) is 0 Å². The van der Waals surface area contributed by atoms with Crippen LogP contribution < -0.4 is 0 Å². The van der Waals surface area contributed by atoms with Gasteiger partial charge in [-0.2, -0.15) is 5.10 Å². The molecule has 0 aliphatic carbocycles. The lowest BCUT2D eigenvalue weighted by Gasteiger charge is -2.31. The summed E-state index contributed by atoms with van der Waals surface area (Å²) in [6.07, 6.45) is 5.79. The van der Waals surface area contributed by atoms with Crippen molar-refractivity contribution < 1.29 is 4.79 Å². The van der Waals surface area contributed by atoms with E-state index in [0.717, 1.165) is 24.9 Å². The minimum Gasteiger partial charge on any atom is -0.334 e. The van der Waals surface area contributed by atoms with Crippen molar-refractivity contribution in [2.24, 2.45) is 7.05 Å². The van der Waals surface area contributed by atoms with Crippen LogP contribution in [0.2, 0.25) is 0 Å². The minimum absolute atomic E-state index is 0.129. The number of rotatable bonds is 4. The van der Waals surface area contributed by atoms with E-state index in [4.69, 9.17) is 0 Å². The third-order valence-corrected chi connectivity index (χ3v) is 4.66. The predicted octanol–water partition coefficient (Wildman–Crippen LogP) is 1.81. The molecule has 2 aromatic rings. The van der Waals surface area contributed by atoms with E-state index in [1.54, 1.807) is 0 Å². The van der Waals surface area contributed by atoms with Crippen molar-refractivity contribution in [3.05, 3.63) is 53.9 Å². The summed E-state index contributed by atoms with van der Waals surface area (Å²) in [5.74, 6) is 0.129. The highest BCUT2D eigenvalue weighted by Gasteiger charge is 2.38. The maximum absolute atomic E-state index is 12.9. The normalized spacial score (nSPS) is 21.1. The monoisotopic (exact) mass is 312 g/mol. The number of hydrogen-bond acceptors (Lipinski definition) is 3. The van der Waals surface area contributed by atoms with E-state index in [-0.39, 0.29) is 11.9 Å². The molecule has 1 aliphatic heterocycles. The fraction of sp³-hybridized carbons (Fsp3) is 0.444. The summed E-state index contributed by atoms with van der Waals surface area (Å²) in [5.41, 5.74) is 1.94. The van der Waals surface area contributed by atoms with Gasteiger partial charge in [-0.25, -0.2) is 0 Å². The number of carbonyl (C=O) groups excluding carboxylic acids is 1. The Bertz CT molecular complexity index is 665. The Morgan fingerprint density at radius 3 is 2.65 bits per heavy atom. The third kappa shape index (κ3) is 3.29. The second-order valence-electron chi connectivity index (χ2n) is 6.48. The SMILES string of the molecule is CN(C)[C@@H]1CCN(C(=O)c2ccccc2)[C@H]1Cc1cnn(C)c1. The van der Waals surface area contributed by atoms with Crippen molar-refractivity contribution >= 4 is 5.91 Å². The van der Waals surface area contributed by atoms with Crippen LogP contribution in [0.1, 0.15) is 22.3 Å². The molecule has 1 aliphatic rings. The first-order valence-corrected chi connectivity index (χ1v) is 8.06. The molecule has 1 aromatic carbocycles. The van der Waals surface area contributed by atoms with Gasteiger partial charge in [-0.3, -0.25) is 9.48 Å². The highest BCUT2D eigenvalue weighted by Crippen LogP contribution is 2.26. The Morgan fingerprint density at radius 2 is 2.04 bits per heavy atom. The van der Waals surface area contributed by atoms with Crippen molar-refractivity contribution in [3.63, 3.8) is 0 Å². The van der Waals surface area contributed by atoms with Gasteiger partial charge in [0.15, 0.2) is 0 Å². The number of aryl methyl sites for hydroxylation is 1. The molecule has 0 bridgehead atoms. The van der Waals surface area contributed by atoms with Gasteiger partial charge in [0, 0.05) is 31.4 Å². The molecule has 0 saturated carbocycles. The Morgan fingerprint density at radius 1 is 1.30 bits per heavy atom. The predicted molar refractivity (Wildman–Crippen MR) is 90.3 cm³/mol. The number of likely N-dealkylation sites (tertiary alicyclic amines) is 1. The van der Waals surface area contributed by atoms with Crippen LogP contribution in [0.15, 0.2) is 42.7 Å². The number of hydrogen-bond donors (Lipinski definition) is 0. The van der Waals surface area contributed by atoms with Gasteiger partial charge in [0.25, 0.3) is 5.91 Å². The standard InChI is InChI=1S/C18H24N4O/c1-20(2)16-9-10-22(18(23)15-7-5-4-6-8-15)17(16)11-14-12-19-21(3)13-14/h4-8,12-13,16-17H,9-11H2,1-3H3/t16-,17+/m1/s1. The average molecular weight is 312 g/mol. The van der Waals surface area contributed by atoms with Crippen molar-refractivity contribution in [1.82, 2.24) is 19.6 Å². The second kappa shape index (κ2) is 6.54. The van der Waals surface area contributed by atoms with Crippen LogP contribution in [0, 0.1) is 0 Å². The molecule has 1 saturated heterocycles. The topological polar surface area (TPSA) is 41.4 Å². The average Bonchev–Trinajstić information content (AvgIpc) is 3.14. The van der Waals surface area contributed by atoms with E-state index in [0.29, 0.717) is 6.04 Å². The van der Waals surface area contributed by atoms with E-state index in [2.05, 4.69) is 24.1 Å². The lowest BCUT2D eigenvalue weighted by molar-refractivity contribution is 0.0704. The first-order chi connectivity index (χ1) is 11.1. The summed E-state index contributed by atoms with van der Waals surface area (Å²) < 4.78 is 1.82. The summed E-state index contributed by atoms with van der Waals surface area (Å²) in [6.45, 7) is 0.807. The summed E-state index contributed by atoms with van der Waals surface area (Å²) in [4.78, 5) is 17.2. The van der Waals surface area contributed by atoms with Crippen LogP contribution in [-0.4, -0.2) is 58.2 Å². The van der Waals surface area contributed by atoms with Gasteiger partial charge in [0.1, 0.15) is 0 Å². The molecule has 3 rings (SSSR count). The largest absolute Gasteiger partial charge is 0.334 e. The van der Waals surface area contributed by atoms with Crippen LogP contribution in [-0.2, 0) is 13.5 Å². The van der Waals surface area contributed by atoms with Gasteiger partial charge in [-0.15, -0.1) is 0 Å². The molecule has 0 unspecified atom stereocenters. The Balaban J connectivity index is 1.84. The van der Waals surface area contributed by atoms with E-state index >= 15 is 0 Å². The molecule has 122 valence electrons. The zero-order chi connectivity index (χ0) is 16.4. The number of benzene rings is 1. The lowest BCUT2D eigenvalue weighted by atomic mass is 10.0. The summed E-state index contributed by atoms with van der Waals surface area (Å²) >= 11 is 0. The van der Waals surface area contributed by atoms with Crippen molar-refractivity contribution in [2.45, 2.75) is 24.9 Å². The van der Waals surface area contributed by atoms with E-state index in [9.17, 15) is 4.79 Å². The van der Waals surface area contributed by atoms with Gasteiger partial charge in [0.05, 0.1) is 12.2 Å². The molecule has 0 radical (unpaired) electrons. The molecule has 0 spiro atoms. The molecule has 1 fully saturated rings. The second-order valence-corrected chi connectivity index (χ2v) is 6.48. The van der Waals surface area contributed by atoms with Crippen LogP contribution in [0.5, 0.6) is 0 Å². The highest BCUT2D eigenvalue weighted by molar-refractivity contribution is 5.94. The summed E-state index contributed by atoms with van der Waals surface area (Å²) in [6, 6.07) is 10.1.